The predicted octanol–water partition coefficient (Wildman–Crippen LogP) is 4.57. The van der Waals surface area contributed by atoms with Gasteiger partial charge in [-0.25, -0.2) is 0 Å². The lowest BCUT2D eigenvalue weighted by Crippen LogP contribution is -2.39. The van der Waals surface area contributed by atoms with Crippen LogP contribution < -0.4 is 4.74 Å². The fraction of sp³-hybridized carbons (Fsp3) is 0.400. The molecule has 1 fully saturated rings. The van der Waals surface area contributed by atoms with Gasteiger partial charge in [-0.1, -0.05) is 61.9 Å². The number of nitrogens with zero attached hydrogens (tertiary/aromatic N) is 2. The molecular weight excluding hydrogens is 468 g/mol. The highest BCUT2D eigenvalue weighted by atomic mass is 16.5. The summed E-state index contributed by atoms with van der Waals surface area (Å²) in [6.45, 7) is 7.10. The van der Waals surface area contributed by atoms with Gasteiger partial charge in [-0.05, 0) is 42.2 Å². The molecule has 0 saturated carbocycles. The Labute approximate surface area is 219 Å². The Bertz CT molecular complexity index is 1120. The number of unbranched alkanes of at least 4 members (excludes halogenated alkanes) is 1. The summed E-state index contributed by atoms with van der Waals surface area (Å²) in [5.74, 6) is -0.686. The van der Waals surface area contributed by atoms with Crippen molar-refractivity contribution in [2.75, 3.05) is 46.0 Å². The van der Waals surface area contributed by atoms with E-state index in [1.54, 1.807) is 11.0 Å². The molecular formula is C30H36N2O5. The van der Waals surface area contributed by atoms with Gasteiger partial charge >= 0.3 is 0 Å². The first-order valence-electron chi connectivity index (χ1n) is 13.1. The molecule has 37 heavy (non-hydrogen) atoms. The number of ether oxygens (including phenoxy) is 2. The Morgan fingerprint density at radius 2 is 1.86 bits per heavy atom. The van der Waals surface area contributed by atoms with Gasteiger partial charge in [0.2, 0.25) is 0 Å². The highest BCUT2D eigenvalue weighted by Gasteiger charge is 2.42. The quantitative estimate of drug-likeness (QED) is 0.337. The van der Waals surface area contributed by atoms with Crippen molar-refractivity contribution in [2.45, 2.75) is 32.2 Å². The number of hydrogen-bond donors (Lipinski definition) is 1. The third kappa shape index (κ3) is 6.87. The monoisotopic (exact) mass is 504 g/mol. The Hall–Kier alpha value is -3.42. The van der Waals surface area contributed by atoms with Crippen LogP contribution in [0.4, 0.5) is 0 Å². The molecule has 0 bridgehead atoms. The molecule has 2 aromatic rings. The molecule has 7 nitrogen and oxygen atoms in total. The summed E-state index contributed by atoms with van der Waals surface area (Å²) in [4.78, 5) is 30.5. The molecule has 1 unspecified atom stereocenters. The SMILES string of the molecule is CCCCOc1cccc(C2C(C(=O)/C=C/c3ccccc3)=C(O)C(=O)N2CCCN2CCOCC2)c1. The van der Waals surface area contributed by atoms with Crippen molar-refractivity contribution < 1.29 is 24.2 Å². The van der Waals surface area contributed by atoms with Crippen LogP contribution in [-0.4, -0.2) is 72.6 Å². The van der Waals surface area contributed by atoms with Crippen molar-refractivity contribution in [3.8, 4) is 5.75 Å². The van der Waals surface area contributed by atoms with Crippen LogP contribution >= 0.6 is 0 Å². The first-order chi connectivity index (χ1) is 18.1. The minimum Gasteiger partial charge on any atom is -0.503 e. The third-order valence-electron chi connectivity index (χ3n) is 6.71. The molecule has 1 amide bonds. The highest BCUT2D eigenvalue weighted by molar-refractivity contribution is 6.14. The normalized spacial score (nSPS) is 18.7. The Kier molecular flexibility index (Phi) is 9.52. The van der Waals surface area contributed by atoms with Gasteiger partial charge in [0.1, 0.15) is 5.75 Å². The fourth-order valence-electron chi connectivity index (χ4n) is 4.71. The number of carbonyl (C=O) groups excluding carboxylic acids is 2. The van der Waals surface area contributed by atoms with Crippen molar-refractivity contribution in [1.29, 1.82) is 0 Å². The van der Waals surface area contributed by atoms with Crippen molar-refractivity contribution >= 4 is 17.8 Å². The molecule has 2 aliphatic rings. The van der Waals surface area contributed by atoms with Crippen LogP contribution in [0.25, 0.3) is 6.08 Å². The standard InChI is InChI=1S/C30H36N2O5/c1-2-3-19-37-25-12-7-11-24(22-25)28-27(26(33)14-13-23-9-5-4-6-10-23)29(34)30(35)32(28)16-8-15-31-17-20-36-21-18-31/h4-7,9-14,22,28,34H,2-3,8,15-21H2,1H3/b14-13+. The summed E-state index contributed by atoms with van der Waals surface area (Å²) in [6, 6.07) is 16.3. The molecule has 4 rings (SSSR count). The Morgan fingerprint density at radius 3 is 2.62 bits per heavy atom. The maximum absolute atomic E-state index is 13.4. The second-order valence-corrected chi connectivity index (χ2v) is 9.35. The third-order valence-corrected chi connectivity index (χ3v) is 6.71. The average Bonchev–Trinajstić information content (AvgIpc) is 3.18. The highest BCUT2D eigenvalue weighted by Crippen LogP contribution is 2.39. The smallest absolute Gasteiger partial charge is 0.290 e. The lowest BCUT2D eigenvalue weighted by Gasteiger charge is -2.30. The summed E-state index contributed by atoms with van der Waals surface area (Å²) in [5.41, 5.74) is 1.72. The maximum Gasteiger partial charge on any atom is 0.290 e. The zero-order chi connectivity index (χ0) is 26.0. The molecule has 196 valence electrons. The second-order valence-electron chi connectivity index (χ2n) is 9.35. The number of carbonyl (C=O) groups is 2. The number of rotatable bonds is 12. The molecule has 1 atom stereocenters. The molecule has 1 N–H and O–H groups in total. The van der Waals surface area contributed by atoms with Gasteiger partial charge in [0.15, 0.2) is 11.5 Å². The summed E-state index contributed by atoms with van der Waals surface area (Å²) in [5, 5.41) is 10.9. The van der Waals surface area contributed by atoms with E-state index in [0.717, 1.165) is 50.0 Å². The topological polar surface area (TPSA) is 79.3 Å². The fourth-order valence-corrected chi connectivity index (χ4v) is 4.71. The minimum atomic E-state index is -0.681. The van der Waals surface area contributed by atoms with Crippen molar-refractivity contribution in [3.05, 3.63) is 83.1 Å². The average molecular weight is 505 g/mol. The van der Waals surface area contributed by atoms with Crippen LogP contribution in [0.15, 0.2) is 72.0 Å². The molecule has 0 aliphatic carbocycles. The lowest BCUT2D eigenvalue weighted by molar-refractivity contribution is -0.129. The first-order valence-corrected chi connectivity index (χ1v) is 13.1. The van der Waals surface area contributed by atoms with E-state index in [-0.39, 0.29) is 11.4 Å². The molecule has 1 saturated heterocycles. The maximum atomic E-state index is 13.4. The number of aliphatic hydroxyl groups excluding tert-OH is 1. The van der Waals surface area contributed by atoms with Crippen LogP contribution in [0, 0.1) is 0 Å². The summed E-state index contributed by atoms with van der Waals surface area (Å²) in [7, 11) is 0. The molecule has 2 heterocycles. The van der Waals surface area contributed by atoms with Crippen LogP contribution in [0.2, 0.25) is 0 Å². The van der Waals surface area contributed by atoms with E-state index in [2.05, 4.69) is 11.8 Å². The van der Waals surface area contributed by atoms with Gasteiger partial charge in [-0.3, -0.25) is 14.5 Å². The molecule has 0 spiro atoms. The van der Waals surface area contributed by atoms with Crippen LogP contribution in [0.5, 0.6) is 5.75 Å². The van der Waals surface area contributed by atoms with Gasteiger partial charge in [0.25, 0.3) is 5.91 Å². The predicted molar refractivity (Wildman–Crippen MR) is 143 cm³/mol. The number of amides is 1. The number of aliphatic hydroxyl groups is 1. The number of ketones is 1. The van der Waals surface area contributed by atoms with Crippen molar-refractivity contribution in [1.82, 2.24) is 9.80 Å². The summed E-state index contributed by atoms with van der Waals surface area (Å²) < 4.78 is 11.3. The molecule has 0 aromatic heterocycles. The first kappa shape index (κ1) is 26.6. The lowest BCUT2D eigenvalue weighted by atomic mass is 9.95. The minimum absolute atomic E-state index is 0.106. The van der Waals surface area contributed by atoms with E-state index in [1.807, 2.05) is 54.6 Å². The Morgan fingerprint density at radius 1 is 1.08 bits per heavy atom. The summed E-state index contributed by atoms with van der Waals surface area (Å²) >= 11 is 0. The molecule has 2 aromatic carbocycles. The van der Waals surface area contributed by atoms with Crippen LogP contribution in [-0.2, 0) is 14.3 Å². The number of benzene rings is 2. The number of hydrogen-bond acceptors (Lipinski definition) is 6. The van der Waals surface area contributed by atoms with E-state index in [9.17, 15) is 14.7 Å². The summed E-state index contributed by atoms with van der Waals surface area (Å²) in [6.07, 6.45) is 5.82. The molecule has 0 radical (unpaired) electrons. The van der Waals surface area contributed by atoms with E-state index in [1.165, 1.54) is 6.08 Å². The van der Waals surface area contributed by atoms with E-state index >= 15 is 0 Å². The van der Waals surface area contributed by atoms with Crippen molar-refractivity contribution in [2.24, 2.45) is 0 Å². The van der Waals surface area contributed by atoms with E-state index in [4.69, 9.17) is 9.47 Å². The van der Waals surface area contributed by atoms with E-state index < -0.39 is 17.7 Å². The van der Waals surface area contributed by atoms with Gasteiger partial charge in [0.05, 0.1) is 31.4 Å². The zero-order valence-corrected chi connectivity index (χ0v) is 21.5. The largest absolute Gasteiger partial charge is 0.503 e. The molecule has 2 aliphatic heterocycles. The number of morpholine rings is 1. The van der Waals surface area contributed by atoms with Gasteiger partial charge in [-0.15, -0.1) is 0 Å². The van der Waals surface area contributed by atoms with Gasteiger partial charge in [-0.2, -0.15) is 0 Å². The van der Waals surface area contributed by atoms with Gasteiger partial charge in [0, 0.05) is 26.2 Å². The zero-order valence-electron chi connectivity index (χ0n) is 21.5. The second kappa shape index (κ2) is 13.2. The van der Waals surface area contributed by atoms with E-state index in [0.29, 0.717) is 32.1 Å². The van der Waals surface area contributed by atoms with Crippen LogP contribution in [0.1, 0.15) is 43.4 Å². The molecule has 7 heteroatoms. The van der Waals surface area contributed by atoms with Crippen LogP contribution in [0.3, 0.4) is 0 Å². The van der Waals surface area contributed by atoms with Crippen molar-refractivity contribution in [3.63, 3.8) is 0 Å². The number of allylic oxidation sites excluding steroid dienone is 1. The Balaban J connectivity index is 1.58. The van der Waals surface area contributed by atoms with Gasteiger partial charge < -0.3 is 19.5 Å².